The van der Waals surface area contributed by atoms with Gasteiger partial charge in [-0.15, -0.1) is 24.8 Å². The van der Waals surface area contributed by atoms with Gasteiger partial charge < -0.3 is 16.1 Å². The van der Waals surface area contributed by atoms with E-state index in [1.807, 2.05) is 13.8 Å². The fourth-order valence-corrected chi connectivity index (χ4v) is 0. The van der Waals surface area contributed by atoms with Gasteiger partial charge >= 0.3 is 0 Å². The van der Waals surface area contributed by atoms with E-state index in [1.165, 1.54) is 6.38 Å². The zero-order valence-corrected chi connectivity index (χ0v) is 10.5. The van der Waals surface area contributed by atoms with Gasteiger partial charge in [-0.25, -0.2) is 0 Å². The Kier molecular flexibility index (Phi) is 19200. The number of hydrogen-bond acceptors (Lipinski definition) is 2. The number of hydrogen-bond donors (Lipinski definition) is 2. The second kappa shape index (κ2) is 4250. The van der Waals surface area contributed by atoms with Crippen molar-refractivity contribution in [1.29, 1.82) is 0 Å². The summed E-state index contributed by atoms with van der Waals surface area (Å²) in [6.07, 6.45) is 1.47. The van der Waals surface area contributed by atoms with Crippen molar-refractivity contribution in [2.24, 2.45) is 0 Å². The van der Waals surface area contributed by atoms with E-state index in [0.717, 1.165) is 7.11 Å². The van der Waals surface area contributed by atoms with Crippen molar-refractivity contribution in [1.82, 2.24) is 0 Å². The number of aliphatic hydroxyl groups excluding tert-OH is 1. The molecule has 0 heterocycles. The van der Waals surface area contributed by atoms with Crippen molar-refractivity contribution >= 4 is 34.1 Å². The molecule has 0 saturated carbocycles. The maximum Gasteiger partial charge on any atom is 0.0319 e. The predicted octanol–water partition coefficient (Wildman–Crippen LogP) is 1.71. The lowest BCUT2D eigenvalue weighted by atomic mass is 11.0. The summed E-state index contributed by atoms with van der Waals surface area (Å²) in [4.78, 5) is 0. The Balaban J connectivity index is -0.00000000500. The highest BCUT2D eigenvalue weighted by Gasteiger charge is 0.944. The average Bonchev–Trinajstić information content (AvgIpc) is 2.20. The van der Waals surface area contributed by atoms with Gasteiger partial charge in [0.05, 0.1) is 0 Å². The molecular weight excluding hydrogens is 223 g/mol. The predicted molar refractivity (Wildman–Crippen MR) is 64.6 cm³/mol. The summed E-state index contributed by atoms with van der Waals surface area (Å²) in [5.41, 5.74) is 0. The molecule has 12 heavy (non-hydrogen) atoms. The van der Waals surface area contributed by atoms with Crippen LogP contribution in [-0.4, -0.2) is 29.6 Å². The number of rotatable bonds is 0. The van der Waals surface area contributed by atoms with Gasteiger partial charge in [0.25, 0.3) is 0 Å². The van der Waals surface area contributed by atoms with Crippen molar-refractivity contribution in [2.75, 3.05) is 13.5 Å². The maximum atomic E-state index is 7.00. The lowest BCUT2D eigenvalue weighted by Crippen LogP contribution is -1.25. The zero-order valence-electron chi connectivity index (χ0n) is 8.06. The first-order chi connectivity index (χ1) is 5.00. The summed E-state index contributed by atoms with van der Waals surface area (Å²) in [7, 11) is 5.33. The topological polar surface area (TPSA) is 83.2 Å². The summed E-state index contributed by atoms with van der Waals surface area (Å²) in [5, 5.41) is 7.00. The molecule has 0 fully saturated rings. The van der Waals surface area contributed by atoms with Crippen LogP contribution in [0.3, 0.4) is 0 Å². The minimum atomic E-state index is 0. The van der Waals surface area contributed by atoms with Crippen LogP contribution in [0.15, 0.2) is 13.2 Å². The quantitative estimate of drug-likeness (QED) is 0.380. The molecule has 0 amide bonds. The SMILES string of the molecule is C=C.CC.CCl.CO.O.O.SCl. The van der Waals surface area contributed by atoms with Gasteiger partial charge in [-0.1, -0.05) is 25.7 Å². The molecule has 0 aromatic rings. The van der Waals surface area contributed by atoms with Crippen LogP contribution in [0.2, 0.25) is 0 Å². The van der Waals surface area contributed by atoms with E-state index in [2.05, 4.69) is 47.3 Å². The molecule has 84 valence electrons. The molecule has 0 saturated heterocycles. The molecule has 0 atom stereocenters. The average molecular weight is 245 g/mol. The van der Waals surface area contributed by atoms with E-state index in [4.69, 9.17) is 5.11 Å². The van der Waals surface area contributed by atoms with Crippen molar-refractivity contribution in [3.8, 4) is 0 Å². The largest absolute Gasteiger partial charge is 0.412 e. The van der Waals surface area contributed by atoms with Crippen molar-refractivity contribution in [3.05, 3.63) is 13.2 Å². The van der Waals surface area contributed by atoms with Crippen LogP contribution in [-0.2, 0) is 0 Å². The fraction of sp³-hybridized carbons (Fsp3) is 0.667. The van der Waals surface area contributed by atoms with E-state index >= 15 is 0 Å². The van der Waals surface area contributed by atoms with Crippen LogP contribution in [0.5, 0.6) is 0 Å². The molecule has 6 heteroatoms. The van der Waals surface area contributed by atoms with E-state index in [1.54, 1.807) is 0 Å². The smallest absolute Gasteiger partial charge is 0.0319 e. The van der Waals surface area contributed by atoms with Crippen LogP contribution >= 0.6 is 34.1 Å². The standard InChI is InChI=1S/C2H6.C2H4.CH3Cl.CH4O.ClHS.2H2O/c5*1-2;;/h1-2H3;1-2H2;1H3;2H,1H3;2H;2*1H2. The third-order valence-corrected chi connectivity index (χ3v) is 0. The van der Waals surface area contributed by atoms with Crippen molar-refractivity contribution < 1.29 is 16.1 Å². The third-order valence-electron chi connectivity index (χ3n) is 0. The van der Waals surface area contributed by atoms with Crippen LogP contribution in [0.25, 0.3) is 0 Å². The zero-order chi connectivity index (χ0) is 10.0. The minimum Gasteiger partial charge on any atom is -0.412 e. The van der Waals surface area contributed by atoms with Gasteiger partial charge in [0.15, 0.2) is 0 Å². The second-order valence-corrected chi connectivity index (χ2v) is 0. The number of thiol groups is 1. The normalized spacial score (nSPS) is 2.33. The van der Waals surface area contributed by atoms with E-state index in [-0.39, 0.29) is 11.0 Å². The molecule has 0 spiro atoms. The van der Waals surface area contributed by atoms with Crippen LogP contribution in [0.4, 0.5) is 0 Å². The van der Waals surface area contributed by atoms with Gasteiger partial charge in [-0.2, -0.15) is 0 Å². The molecule has 0 aliphatic rings. The first-order valence-corrected chi connectivity index (χ1v) is 4.60. The summed E-state index contributed by atoms with van der Waals surface area (Å²) >= 11 is 7.64. The van der Waals surface area contributed by atoms with E-state index in [9.17, 15) is 0 Å². The van der Waals surface area contributed by atoms with Gasteiger partial charge in [0, 0.05) is 13.5 Å². The van der Waals surface area contributed by atoms with Gasteiger partial charge in [-0.05, 0) is 10.7 Å². The summed E-state index contributed by atoms with van der Waals surface area (Å²) < 4.78 is 0. The summed E-state index contributed by atoms with van der Waals surface area (Å²) in [6.45, 7) is 10.0. The molecule has 5 N–H and O–H groups in total. The fourth-order valence-electron chi connectivity index (χ4n) is 0. The Morgan fingerprint density at radius 3 is 0.917 bits per heavy atom. The molecule has 0 aromatic heterocycles. The molecule has 3 nitrogen and oxygen atoms in total. The van der Waals surface area contributed by atoms with Crippen LogP contribution in [0.1, 0.15) is 13.8 Å². The highest BCUT2D eigenvalue weighted by atomic mass is 35.7. The van der Waals surface area contributed by atoms with Gasteiger partial charge in [-0.3, -0.25) is 0 Å². The van der Waals surface area contributed by atoms with E-state index < -0.39 is 0 Å². The van der Waals surface area contributed by atoms with Crippen LogP contribution in [0, 0.1) is 0 Å². The third kappa shape index (κ3) is 3180. The number of aliphatic hydroxyl groups is 1. The first-order valence-electron chi connectivity index (χ1n) is 2.49. The second-order valence-electron chi connectivity index (χ2n) is 0. The Bertz CT molecular complexity index is 20.8. The monoisotopic (exact) mass is 244 g/mol. The van der Waals surface area contributed by atoms with Gasteiger partial charge in [0.2, 0.25) is 0 Å². The molecule has 0 bridgehead atoms. The lowest BCUT2D eigenvalue weighted by molar-refractivity contribution is 0.399. The molecule has 0 radical (unpaired) electrons. The van der Waals surface area contributed by atoms with Crippen molar-refractivity contribution in [3.63, 3.8) is 0 Å². The Hall–Kier alpha value is 0.550. The maximum absolute atomic E-state index is 7.00. The number of halogens is 2. The Morgan fingerprint density at radius 1 is 0.917 bits per heavy atom. The van der Waals surface area contributed by atoms with Crippen molar-refractivity contribution in [2.45, 2.75) is 13.8 Å². The Labute approximate surface area is 90.9 Å². The molecule has 0 rings (SSSR count). The number of alkyl halides is 1. The summed E-state index contributed by atoms with van der Waals surface area (Å²) in [6, 6.07) is 0. The lowest BCUT2D eigenvalue weighted by Gasteiger charge is -1.21. The highest BCUT2D eigenvalue weighted by Crippen LogP contribution is 1.67. The first kappa shape index (κ1) is 54.4. The summed E-state index contributed by atoms with van der Waals surface area (Å²) in [5.74, 6) is 0. The minimum absolute atomic E-state index is 0. The van der Waals surface area contributed by atoms with Crippen LogP contribution < -0.4 is 0 Å². The highest BCUT2D eigenvalue weighted by molar-refractivity contribution is 8.05. The Morgan fingerprint density at radius 2 is 0.917 bits per heavy atom. The van der Waals surface area contributed by atoms with E-state index in [0.29, 0.717) is 0 Å². The molecular formula is C6H22Cl2O3S. The molecule has 0 aliphatic carbocycles. The molecule has 0 unspecified atom stereocenters. The van der Waals surface area contributed by atoms with Gasteiger partial charge in [0.1, 0.15) is 0 Å². The molecule has 0 aliphatic heterocycles. The molecule has 0 aromatic carbocycles.